The van der Waals surface area contributed by atoms with E-state index >= 15 is 0 Å². The Labute approximate surface area is 117 Å². The van der Waals surface area contributed by atoms with E-state index in [1.54, 1.807) is 12.4 Å². The van der Waals surface area contributed by atoms with E-state index < -0.39 is 0 Å². The molecule has 0 saturated carbocycles. The van der Waals surface area contributed by atoms with Crippen LogP contribution in [0.5, 0.6) is 5.75 Å². The molecule has 5 nitrogen and oxygen atoms in total. The molecule has 1 atom stereocenters. The summed E-state index contributed by atoms with van der Waals surface area (Å²) in [4.78, 5) is 20.0. The Morgan fingerprint density at radius 1 is 1.35 bits per heavy atom. The van der Waals surface area contributed by atoms with Gasteiger partial charge in [0.2, 0.25) is 5.91 Å². The Kier molecular flexibility index (Phi) is 3.58. The van der Waals surface area contributed by atoms with Crippen molar-refractivity contribution in [3.8, 4) is 5.75 Å². The molecule has 0 aliphatic carbocycles. The Morgan fingerprint density at radius 3 is 3.10 bits per heavy atom. The Bertz CT molecular complexity index is 601. The van der Waals surface area contributed by atoms with Crippen molar-refractivity contribution in [1.29, 1.82) is 0 Å². The van der Waals surface area contributed by atoms with Crippen molar-refractivity contribution in [1.82, 2.24) is 9.97 Å². The number of amides is 1. The van der Waals surface area contributed by atoms with Gasteiger partial charge in [0.25, 0.3) is 0 Å². The minimum Gasteiger partial charge on any atom is -0.493 e. The highest BCUT2D eigenvalue weighted by atomic mass is 16.5. The average molecular weight is 269 g/mol. The predicted molar refractivity (Wildman–Crippen MR) is 74.6 cm³/mol. The molecule has 5 heteroatoms. The smallest absolute Gasteiger partial charge is 0.226 e. The van der Waals surface area contributed by atoms with Crippen LogP contribution in [0.1, 0.15) is 24.3 Å². The third-order valence-corrected chi connectivity index (χ3v) is 3.35. The molecule has 2 heterocycles. The van der Waals surface area contributed by atoms with Gasteiger partial charge in [-0.05, 0) is 24.0 Å². The van der Waals surface area contributed by atoms with E-state index in [0.717, 1.165) is 17.7 Å². The summed E-state index contributed by atoms with van der Waals surface area (Å²) in [6.45, 7) is 0.653. The fourth-order valence-electron chi connectivity index (χ4n) is 2.41. The van der Waals surface area contributed by atoms with E-state index in [1.165, 1.54) is 6.20 Å². The van der Waals surface area contributed by atoms with Gasteiger partial charge in [-0.3, -0.25) is 9.78 Å². The largest absolute Gasteiger partial charge is 0.493 e. The Morgan fingerprint density at radius 2 is 2.25 bits per heavy atom. The Hall–Kier alpha value is -2.43. The SMILES string of the molecule is O=C(C[C@H]1CCOc2ccccc21)Nc1cnccn1. The molecule has 2 aromatic rings. The maximum atomic E-state index is 12.1. The number of fused-ring (bicyclic) bond motifs is 1. The summed E-state index contributed by atoms with van der Waals surface area (Å²) in [5.74, 6) is 1.51. The quantitative estimate of drug-likeness (QED) is 0.929. The minimum absolute atomic E-state index is 0.0489. The number of carbonyl (C=O) groups excluding carboxylic acids is 1. The fraction of sp³-hybridized carbons (Fsp3) is 0.267. The molecule has 1 aliphatic heterocycles. The van der Waals surface area contributed by atoms with Crippen LogP contribution >= 0.6 is 0 Å². The van der Waals surface area contributed by atoms with Gasteiger partial charge in [-0.1, -0.05) is 18.2 Å². The molecule has 0 fully saturated rings. The topological polar surface area (TPSA) is 64.1 Å². The van der Waals surface area contributed by atoms with Gasteiger partial charge < -0.3 is 10.1 Å². The van der Waals surface area contributed by atoms with Crippen molar-refractivity contribution in [2.45, 2.75) is 18.8 Å². The molecule has 1 aromatic heterocycles. The predicted octanol–water partition coefficient (Wildman–Crippen LogP) is 2.37. The van der Waals surface area contributed by atoms with E-state index in [4.69, 9.17) is 4.74 Å². The first-order valence-corrected chi connectivity index (χ1v) is 6.60. The lowest BCUT2D eigenvalue weighted by Gasteiger charge is -2.25. The molecule has 1 N–H and O–H groups in total. The van der Waals surface area contributed by atoms with Gasteiger partial charge in [-0.15, -0.1) is 0 Å². The van der Waals surface area contributed by atoms with Crippen molar-refractivity contribution < 1.29 is 9.53 Å². The normalized spacial score (nSPS) is 16.9. The first-order chi connectivity index (χ1) is 9.83. The molecule has 0 spiro atoms. The number of rotatable bonds is 3. The summed E-state index contributed by atoms with van der Waals surface area (Å²) < 4.78 is 5.60. The van der Waals surface area contributed by atoms with E-state index in [-0.39, 0.29) is 11.8 Å². The second-order valence-corrected chi connectivity index (χ2v) is 4.71. The van der Waals surface area contributed by atoms with Crippen LogP contribution in [0.15, 0.2) is 42.9 Å². The molecule has 20 heavy (non-hydrogen) atoms. The monoisotopic (exact) mass is 269 g/mol. The van der Waals surface area contributed by atoms with Crippen LogP contribution in [0.2, 0.25) is 0 Å². The van der Waals surface area contributed by atoms with Crippen molar-refractivity contribution in [2.24, 2.45) is 0 Å². The van der Waals surface area contributed by atoms with Gasteiger partial charge in [-0.25, -0.2) is 4.98 Å². The summed E-state index contributed by atoms with van der Waals surface area (Å²) in [5, 5.41) is 2.77. The summed E-state index contributed by atoms with van der Waals surface area (Å²) in [6.07, 6.45) is 5.95. The second-order valence-electron chi connectivity index (χ2n) is 4.71. The third-order valence-electron chi connectivity index (χ3n) is 3.35. The maximum Gasteiger partial charge on any atom is 0.226 e. The van der Waals surface area contributed by atoms with E-state index in [0.29, 0.717) is 18.8 Å². The van der Waals surface area contributed by atoms with Crippen LogP contribution in [-0.4, -0.2) is 22.5 Å². The van der Waals surface area contributed by atoms with Crippen molar-refractivity contribution in [3.05, 3.63) is 48.4 Å². The van der Waals surface area contributed by atoms with Gasteiger partial charge in [0.1, 0.15) is 5.75 Å². The summed E-state index contributed by atoms with van der Waals surface area (Å²) >= 11 is 0. The molecule has 102 valence electrons. The molecule has 0 unspecified atom stereocenters. The van der Waals surface area contributed by atoms with Crippen LogP contribution in [0.3, 0.4) is 0 Å². The molecule has 0 saturated heterocycles. The molecular formula is C15H15N3O2. The van der Waals surface area contributed by atoms with Crippen LogP contribution in [0, 0.1) is 0 Å². The lowest BCUT2D eigenvalue weighted by Crippen LogP contribution is -2.21. The maximum absolute atomic E-state index is 12.1. The molecular weight excluding hydrogens is 254 g/mol. The lowest BCUT2D eigenvalue weighted by molar-refractivity contribution is -0.116. The average Bonchev–Trinajstić information content (AvgIpc) is 2.48. The van der Waals surface area contributed by atoms with E-state index in [9.17, 15) is 4.79 Å². The minimum atomic E-state index is -0.0489. The highest BCUT2D eigenvalue weighted by Gasteiger charge is 2.23. The molecule has 0 radical (unpaired) electrons. The van der Waals surface area contributed by atoms with Crippen molar-refractivity contribution in [3.63, 3.8) is 0 Å². The Balaban J connectivity index is 1.68. The van der Waals surface area contributed by atoms with Gasteiger partial charge >= 0.3 is 0 Å². The molecule has 1 aliphatic rings. The van der Waals surface area contributed by atoms with Crippen LogP contribution in [0.4, 0.5) is 5.82 Å². The first kappa shape index (κ1) is 12.6. The van der Waals surface area contributed by atoms with Crippen molar-refractivity contribution in [2.75, 3.05) is 11.9 Å². The van der Waals surface area contributed by atoms with Gasteiger partial charge in [-0.2, -0.15) is 0 Å². The van der Waals surface area contributed by atoms with Crippen LogP contribution < -0.4 is 10.1 Å². The number of ether oxygens (including phenoxy) is 1. The van der Waals surface area contributed by atoms with E-state index in [1.807, 2.05) is 24.3 Å². The highest BCUT2D eigenvalue weighted by Crippen LogP contribution is 2.35. The van der Waals surface area contributed by atoms with Gasteiger partial charge in [0.05, 0.1) is 12.8 Å². The first-order valence-electron chi connectivity index (χ1n) is 6.60. The summed E-state index contributed by atoms with van der Waals surface area (Å²) in [5.41, 5.74) is 1.10. The third kappa shape index (κ3) is 2.77. The van der Waals surface area contributed by atoms with Crippen LogP contribution in [0.25, 0.3) is 0 Å². The second kappa shape index (κ2) is 5.69. The molecule has 3 rings (SSSR count). The summed E-state index contributed by atoms with van der Waals surface area (Å²) in [7, 11) is 0. The van der Waals surface area contributed by atoms with Crippen molar-refractivity contribution >= 4 is 11.7 Å². The summed E-state index contributed by atoms with van der Waals surface area (Å²) in [6, 6.07) is 7.89. The molecule has 1 aromatic carbocycles. The number of nitrogens with one attached hydrogen (secondary N) is 1. The standard InChI is InChI=1S/C15H15N3O2/c19-15(18-14-10-16-6-7-17-14)9-11-5-8-20-13-4-2-1-3-12(11)13/h1-4,6-7,10-11H,5,8-9H2,(H,17,18,19)/t11-/m1/s1. The fourth-order valence-corrected chi connectivity index (χ4v) is 2.41. The number of aromatic nitrogens is 2. The number of hydrogen-bond donors (Lipinski definition) is 1. The van der Waals surface area contributed by atoms with Gasteiger partial charge in [0, 0.05) is 18.8 Å². The number of para-hydroxylation sites is 1. The van der Waals surface area contributed by atoms with E-state index in [2.05, 4.69) is 15.3 Å². The number of benzene rings is 1. The molecule has 1 amide bonds. The lowest BCUT2D eigenvalue weighted by atomic mass is 9.90. The zero-order chi connectivity index (χ0) is 13.8. The number of carbonyl (C=O) groups is 1. The van der Waals surface area contributed by atoms with Gasteiger partial charge in [0.15, 0.2) is 5.82 Å². The molecule has 0 bridgehead atoms. The number of hydrogen-bond acceptors (Lipinski definition) is 4. The zero-order valence-corrected chi connectivity index (χ0v) is 11.0. The zero-order valence-electron chi connectivity index (χ0n) is 11.0. The number of nitrogens with zero attached hydrogens (tertiary/aromatic N) is 2. The van der Waals surface area contributed by atoms with Crippen LogP contribution in [-0.2, 0) is 4.79 Å². The number of anilines is 1. The highest BCUT2D eigenvalue weighted by molar-refractivity contribution is 5.90.